The summed E-state index contributed by atoms with van der Waals surface area (Å²) in [4.78, 5) is 22.0. The van der Waals surface area contributed by atoms with E-state index < -0.39 is 0 Å². The predicted molar refractivity (Wildman–Crippen MR) is 57.2 cm³/mol. The second kappa shape index (κ2) is 6.01. The number of hydrogen-bond acceptors (Lipinski definition) is 2. The van der Waals surface area contributed by atoms with Gasteiger partial charge in [0.05, 0.1) is 5.33 Å². The Labute approximate surface area is 91.9 Å². The maximum Gasteiger partial charge on any atom is 0.230 e. The molecule has 0 aromatic heterocycles. The summed E-state index contributed by atoms with van der Waals surface area (Å²) in [7, 11) is 0. The van der Waals surface area contributed by atoms with Crippen LogP contribution in [0.2, 0.25) is 0 Å². The summed E-state index contributed by atoms with van der Waals surface area (Å²) in [5.41, 5.74) is 0. The number of carbonyl (C=O) groups excluding carboxylic acids is 2. The van der Waals surface area contributed by atoms with Crippen LogP contribution in [0.1, 0.15) is 25.7 Å². The van der Waals surface area contributed by atoms with Crippen molar-refractivity contribution in [1.82, 2.24) is 10.6 Å². The Balaban J connectivity index is 1.91. The molecule has 0 bridgehead atoms. The van der Waals surface area contributed by atoms with E-state index in [2.05, 4.69) is 26.6 Å². The van der Waals surface area contributed by atoms with E-state index in [4.69, 9.17) is 0 Å². The van der Waals surface area contributed by atoms with Crippen molar-refractivity contribution in [3.8, 4) is 0 Å². The van der Waals surface area contributed by atoms with Crippen LogP contribution < -0.4 is 10.6 Å². The average molecular weight is 263 g/mol. The van der Waals surface area contributed by atoms with E-state index in [1.807, 2.05) is 0 Å². The van der Waals surface area contributed by atoms with Crippen molar-refractivity contribution in [2.24, 2.45) is 0 Å². The van der Waals surface area contributed by atoms with Crippen molar-refractivity contribution in [3.05, 3.63) is 0 Å². The molecule has 1 aliphatic carbocycles. The zero-order valence-corrected chi connectivity index (χ0v) is 9.60. The van der Waals surface area contributed by atoms with Gasteiger partial charge in [0, 0.05) is 19.0 Å². The molecule has 1 fully saturated rings. The van der Waals surface area contributed by atoms with Gasteiger partial charge >= 0.3 is 0 Å². The topological polar surface area (TPSA) is 58.2 Å². The maximum atomic E-state index is 11.2. The minimum Gasteiger partial charge on any atom is -0.355 e. The third kappa shape index (κ3) is 5.21. The molecule has 1 saturated carbocycles. The molecule has 0 saturated heterocycles. The quantitative estimate of drug-likeness (QED) is 0.543. The van der Waals surface area contributed by atoms with Crippen LogP contribution >= 0.6 is 15.9 Å². The molecule has 5 heteroatoms. The third-order valence-corrected chi connectivity index (χ3v) is 2.48. The van der Waals surface area contributed by atoms with Gasteiger partial charge in [0.1, 0.15) is 0 Å². The molecule has 0 spiro atoms. The molecule has 1 rings (SSSR count). The maximum absolute atomic E-state index is 11.2. The normalized spacial score (nSPS) is 14.9. The minimum atomic E-state index is -0.0346. The Morgan fingerprint density at radius 2 is 2.00 bits per heavy atom. The van der Waals surface area contributed by atoms with Gasteiger partial charge in [-0.1, -0.05) is 15.9 Å². The predicted octanol–water partition coefficient (Wildman–Crippen LogP) is 0.556. The highest BCUT2D eigenvalue weighted by atomic mass is 79.9. The van der Waals surface area contributed by atoms with Gasteiger partial charge in [-0.15, -0.1) is 0 Å². The Kier molecular flexibility index (Phi) is 4.93. The zero-order chi connectivity index (χ0) is 10.4. The first-order chi connectivity index (χ1) is 6.72. The fourth-order valence-electron chi connectivity index (χ4n) is 1.05. The fraction of sp³-hybridized carbons (Fsp3) is 0.778. The number of nitrogens with one attached hydrogen (secondary N) is 2. The van der Waals surface area contributed by atoms with Crippen molar-refractivity contribution in [3.63, 3.8) is 0 Å². The summed E-state index contributed by atoms with van der Waals surface area (Å²) in [6.07, 6.45) is 3.44. The Hall–Kier alpha value is -0.580. The summed E-state index contributed by atoms with van der Waals surface area (Å²) < 4.78 is 0. The van der Waals surface area contributed by atoms with Gasteiger partial charge in [0.2, 0.25) is 11.8 Å². The van der Waals surface area contributed by atoms with Gasteiger partial charge in [0.25, 0.3) is 0 Å². The fourth-order valence-corrected chi connectivity index (χ4v) is 1.25. The molecule has 2 N–H and O–H groups in total. The summed E-state index contributed by atoms with van der Waals surface area (Å²) in [5.74, 6) is 0.0631. The smallest absolute Gasteiger partial charge is 0.230 e. The lowest BCUT2D eigenvalue weighted by Gasteiger charge is -2.03. The summed E-state index contributed by atoms with van der Waals surface area (Å²) >= 11 is 3.05. The molecule has 14 heavy (non-hydrogen) atoms. The Morgan fingerprint density at radius 1 is 1.29 bits per heavy atom. The second-order valence-electron chi connectivity index (χ2n) is 3.43. The first kappa shape index (κ1) is 11.5. The van der Waals surface area contributed by atoms with Gasteiger partial charge in [-0.25, -0.2) is 0 Å². The molecule has 0 unspecified atom stereocenters. The average Bonchev–Trinajstić information content (AvgIpc) is 2.95. The van der Waals surface area contributed by atoms with Crippen LogP contribution in [-0.4, -0.2) is 29.7 Å². The SMILES string of the molecule is O=C(CBr)NCCCC(=O)NC1CC1. The summed E-state index contributed by atoms with van der Waals surface area (Å²) in [6, 6.07) is 0.430. The van der Waals surface area contributed by atoms with Crippen molar-refractivity contribution >= 4 is 27.7 Å². The number of halogens is 1. The number of amides is 2. The van der Waals surface area contributed by atoms with Crippen molar-refractivity contribution in [2.75, 3.05) is 11.9 Å². The van der Waals surface area contributed by atoms with Crippen LogP contribution in [0.5, 0.6) is 0 Å². The van der Waals surface area contributed by atoms with Crippen LogP contribution in [0, 0.1) is 0 Å². The zero-order valence-electron chi connectivity index (χ0n) is 8.01. The highest BCUT2D eigenvalue weighted by molar-refractivity contribution is 9.09. The largest absolute Gasteiger partial charge is 0.355 e. The molecular formula is C9H15BrN2O2. The van der Waals surface area contributed by atoms with Crippen LogP contribution in [0.25, 0.3) is 0 Å². The summed E-state index contributed by atoms with van der Waals surface area (Å²) in [6.45, 7) is 0.572. The number of hydrogen-bond donors (Lipinski definition) is 2. The van der Waals surface area contributed by atoms with Gasteiger partial charge in [-0.05, 0) is 19.3 Å². The van der Waals surface area contributed by atoms with E-state index in [1.54, 1.807) is 0 Å². The number of rotatable bonds is 6. The van der Waals surface area contributed by atoms with Crippen LogP contribution in [0.15, 0.2) is 0 Å². The van der Waals surface area contributed by atoms with Gasteiger partial charge in [-0.3, -0.25) is 9.59 Å². The monoisotopic (exact) mass is 262 g/mol. The molecule has 4 nitrogen and oxygen atoms in total. The van der Waals surface area contributed by atoms with E-state index in [1.165, 1.54) is 0 Å². The third-order valence-electron chi connectivity index (χ3n) is 1.97. The van der Waals surface area contributed by atoms with Gasteiger partial charge < -0.3 is 10.6 Å². The lowest BCUT2D eigenvalue weighted by Crippen LogP contribution is -2.28. The molecule has 0 aromatic rings. The molecule has 80 valence electrons. The molecular weight excluding hydrogens is 248 g/mol. The van der Waals surface area contributed by atoms with Crippen LogP contribution in [-0.2, 0) is 9.59 Å². The van der Waals surface area contributed by atoms with Crippen molar-refractivity contribution in [2.45, 2.75) is 31.7 Å². The molecule has 0 heterocycles. The number of alkyl halides is 1. The van der Waals surface area contributed by atoms with E-state index in [0.717, 1.165) is 12.8 Å². The molecule has 2 amide bonds. The van der Waals surface area contributed by atoms with E-state index in [-0.39, 0.29) is 11.8 Å². The lowest BCUT2D eigenvalue weighted by molar-refractivity contribution is -0.122. The molecule has 1 aliphatic rings. The highest BCUT2D eigenvalue weighted by Gasteiger charge is 2.22. The van der Waals surface area contributed by atoms with E-state index >= 15 is 0 Å². The molecule has 0 aromatic carbocycles. The first-order valence-electron chi connectivity index (χ1n) is 4.84. The molecule has 0 atom stereocenters. The van der Waals surface area contributed by atoms with E-state index in [0.29, 0.717) is 30.8 Å². The van der Waals surface area contributed by atoms with Crippen molar-refractivity contribution < 1.29 is 9.59 Å². The van der Waals surface area contributed by atoms with Crippen LogP contribution in [0.4, 0.5) is 0 Å². The molecule has 0 aliphatic heterocycles. The summed E-state index contributed by atoms with van der Waals surface area (Å²) in [5, 5.41) is 5.91. The molecule has 0 radical (unpaired) electrons. The minimum absolute atomic E-state index is 0.0346. The van der Waals surface area contributed by atoms with Crippen molar-refractivity contribution in [1.29, 1.82) is 0 Å². The van der Waals surface area contributed by atoms with Crippen LogP contribution in [0.3, 0.4) is 0 Å². The van der Waals surface area contributed by atoms with E-state index in [9.17, 15) is 9.59 Å². The standard InChI is InChI=1S/C9H15BrN2O2/c10-6-9(14)11-5-1-2-8(13)12-7-3-4-7/h7H,1-6H2,(H,11,14)(H,12,13). The Bertz CT molecular complexity index is 217. The second-order valence-corrected chi connectivity index (χ2v) is 3.99. The highest BCUT2D eigenvalue weighted by Crippen LogP contribution is 2.18. The number of carbonyl (C=O) groups is 2. The Morgan fingerprint density at radius 3 is 2.57 bits per heavy atom. The lowest BCUT2D eigenvalue weighted by atomic mass is 10.3. The van der Waals surface area contributed by atoms with Gasteiger partial charge in [0.15, 0.2) is 0 Å². The first-order valence-corrected chi connectivity index (χ1v) is 5.96. The van der Waals surface area contributed by atoms with Gasteiger partial charge in [-0.2, -0.15) is 0 Å².